The summed E-state index contributed by atoms with van der Waals surface area (Å²) < 4.78 is 7.61. The van der Waals surface area contributed by atoms with E-state index in [1.165, 1.54) is 0 Å². The van der Waals surface area contributed by atoms with Crippen LogP contribution in [0.1, 0.15) is 17.0 Å². The first-order chi connectivity index (χ1) is 15.6. The highest BCUT2D eigenvalue weighted by Crippen LogP contribution is 2.22. The molecule has 0 aliphatic rings. The summed E-state index contributed by atoms with van der Waals surface area (Å²) in [5, 5.41) is 4.08. The first kappa shape index (κ1) is 21.1. The number of rotatable bonds is 7. The van der Waals surface area contributed by atoms with Crippen LogP contribution in [0.4, 0.5) is 0 Å². The topological polar surface area (TPSA) is 68.5 Å². The van der Waals surface area contributed by atoms with Crippen LogP contribution < -0.4 is 10.2 Å². The number of hydrazone groups is 1. The van der Waals surface area contributed by atoms with Gasteiger partial charge >= 0.3 is 0 Å². The number of carbonyl (C=O) groups is 1. The minimum atomic E-state index is -0.327. The molecule has 0 radical (unpaired) electrons. The fourth-order valence-electron chi connectivity index (χ4n) is 3.49. The van der Waals surface area contributed by atoms with E-state index in [4.69, 9.17) is 4.74 Å². The predicted octanol–water partition coefficient (Wildman–Crippen LogP) is 4.69. The summed E-state index contributed by atoms with van der Waals surface area (Å²) in [4.78, 5) is 16.5. The summed E-state index contributed by atoms with van der Waals surface area (Å²) in [5.41, 5.74) is 7.68. The van der Waals surface area contributed by atoms with Crippen LogP contribution in [0.15, 0.2) is 90.2 Å². The maximum Gasteiger partial charge on any atom is 0.277 e. The lowest BCUT2D eigenvalue weighted by Gasteiger charge is -2.07. The van der Waals surface area contributed by atoms with Crippen LogP contribution in [0.3, 0.4) is 0 Å². The van der Waals surface area contributed by atoms with Gasteiger partial charge in [-0.1, -0.05) is 48.5 Å². The minimum Gasteiger partial charge on any atom is -0.484 e. The lowest BCUT2D eigenvalue weighted by atomic mass is 10.1. The van der Waals surface area contributed by atoms with Crippen molar-refractivity contribution in [2.45, 2.75) is 13.8 Å². The van der Waals surface area contributed by atoms with E-state index in [0.29, 0.717) is 5.75 Å². The molecule has 0 saturated carbocycles. The molecule has 1 amide bonds. The van der Waals surface area contributed by atoms with E-state index in [2.05, 4.69) is 27.6 Å². The zero-order valence-corrected chi connectivity index (χ0v) is 18.0. The largest absolute Gasteiger partial charge is 0.484 e. The van der Waals surface area contributed by atoms with Crippen LogP contribution in [0.5, 0.6) is 5.75 Å². The normalized spacial score (nSPS) is 10.9. The zero-order valence-electron chi connectivity index (χ0n) is 18.0. The molecule has 0 saturated heterocycles. The van der Waals surface area contributed by atoms with Gasteiger partial charge in [-0.25, -0.2) is 10.4 Å². The number of aryl methyl sites for hydroxylation is 1. The van der Waals surface area contributed by atoms with Gasteiger partial charge in [-0.3, -0.25) is 4.79 Å². The zero-order chi connectivity index (χ0) is 22.3. The van der Waals surface area contributed by atoms with Crippen molar-refractivity contribution in [2.75, 3.05) is 6.61 Å². The van der Waals surface area contributed by atoms with Crippen molar-refractivity contribution in [1.82, 2.24) is 15.0 Å². The SMILES string of the molecule is Cc1cc(/C=N/NC(=O)COc2ccc(-c3ccccc3)cc2)c(C)n1-c1ccccn1. The van der Waals surface area contributed by atoms with Crippen molar-refractivity contribution in [3.8, 4) is 22.7 Å². The van der Waals surface area contributed by atoms with Gasteiger partial charge in [0.1, 0.15) is 11.6 Å². The van der Waals surface area contributed by atoms with Gasteiger partial charge in [0.05, 0.1) is 6.21 Å². The average Bonchev–Trinajstić information content (AvgIpc) is 3.12. The highest BCUT2D eigenvalue weighted by Gasteiger charge is 2.10. The lowest BCUT2D eigenvalue weighted by molar-refractivity contribution is -0.123. The quantitative estimate of drug-likeness (QED) is 0.346. The Morgan fingerprint density at radius 1 is 1.00 bits per heavy atom. The van der Waals surface area contributed by atoms with Crippen molar-refractivity contribution in [2.24, 2.45) is 5.10 Å². The summed E-state index contributed by atoms with van der Waals surface area (Å²) in [6, 6.07) is 25.5. The second-order valence-electron chi connectivity index (χ2n) is 7.32. The monoisotopic (exact) mass is 424 g/mol. The van der Waals surface area contributed by atoms with Crippen molar-refractivity contribution in [3.63, 3.8) is 0 Å². The maximum absolute atomic E-state index is 12.1. The molecule has 6 nitrogen and oxygen atoms in total. The van der Waals surface area contributed by atoms with Crippen molar-refractivity contribution in [3.05, 3.63) is 102 Å². The minimum absolute atomic E-state index is 0.116. The van der Waals surface area contributed by atoms with E-state index in [9.17, 15) is 4.79 Å². The fourth-order valence-corrected chi connectivity index (χ4v) is 3.49. The summed E-state index contributed by atoms with van der Waals surface area (Å²) >= 11 is 0. The average molecular weight is 425 g/mol. The van der Waals surface area contributed by atoms with Crippen LogP contribution in [0.25, 0.3) is 16.9 Å². The van der Waals surface area contributed by atoms with E-state index in [1.54, 1.807) is 12.4 Å². The first-order valence-electron chi connectivity index (χ1n) is 10.3. The van der Waals surface area contributed by atoms with E-state index in [-0.39, 0.29) is 12.5 Å². The Morgan fingerprint density at radius 2 is 1.72 bits per heavy atom. The Labute approximate surface area is 187 Å². The Bertz CT molecular complexity index is 1210. The van der Waals surface area contributed by atoms with Gasteiger partial charge in [0.25, 0.3) is 5.91 Å². The highest BCUT2D eigenvalue weighted by molar-refractivity contribution is 5.84. The molecular weight excluding hydrogens is 400 g/mol. The number of pyridine rings is 1. The Morgan fingerprint density at radius 3 is 2.44 bits per heavy atom. The summed E-state index contributed by atoms with van der Waals surface area (Å²) in [7, 11) is 0. The molecular formula is C26H24N4O2. The predicted molar refractivity (Wildman–Crippen MR) is 126 cm³/mol. The van der Waals surface area contributed by atoms with Crippen LogP contribution in [-0.4, -0.2) is 28.3 Å². The molecule has 0 bridgehead atoms. The molecule has 4 aromatic rings. The Balaban J connectivity index is 1.32. The number of ether oxygens (including phenoxy) is 1. The van der Waals surface area contributed by atoms with Gasteiger partial charge in [-0.2, -0.15) is 5.10 Å². The molecule has 2 aromatic heterocycles. The molecule has 0 aliphatic heterocycles. The number of amides is 1. The summed E-state index contributed by atoms with van der Waals surface area (Å²) in [5.74, 6) is 1.15. The molecule has 0 fully saturated rings. The second-order valence-corrected chi connectivity index (χ2v) is 7.32. The molecule has 32 heavy (non-hydrogen) atoms. The van der Waals surface area contributed by atoms with E-state index in [1.807, 2.05) is 85.1 Å². The third-order valence-electron chi connectivity index (χ3n) is 5.07. The Hall–Kier alpha value is -4.19. The number of nitrogens with zero attached hydrogens (tertiary/aromatic N) is 3. The molecule has 2 heterocycles. The molecule has 0 aliphatic carbocycles. The number of hydrogen-bond donors (Lipinski definition) is 1. The van der Waals surface area contributed by atoms with Crippen LogP contribution in [0.2, 0.25) is 0 Å². The third kappa shape index (κ3) is 4.92. The molecule has 160 valence electrons. The number of hydrogen-bond acceptors (Lipinski definition) is 4. The smallest absolute Gasteiger partial charge is 0.277 e. The second kappa shape index (κ2) is 9.75. The molecule has 6 heteroatoms. The Kier molecular flexibility index (Phi) is 6.41. The van der Waals surface area contributed by atoms with Crippen molar-refractivity contribution >= 4 is 12.1 Å². The molecule has 0 spiro atoms. The van der Waals surface area contributed by atoms with Crippen LogP contribution in [0, 0.1) is 13.8 Å². The van der Waals surface area contributed by atoms with Crippen molar-refractivity contribution in [1.29, 1.82) is 0 Å². The number of aromatic nitrogens is 2. The lowest BCUT2D eigenvalue weighted by Crippen LogP contribution is -2.24. The molecule has 4 rings (SSSR count). The number of benzene rings is 2. The van der Waals surface area contributed by atoms with Gasteiger partial charge in [0.15, 0.2) is 6.61 Å². The summed E-state index contributed by atoms with van der Waals surface area (Å²) in [6.45, 7) is 3.89. The summed E-state index contributed by atoms with van der Waals surface area (Å²) in [6.07, 6.45) is 3.39. The first-order valence-corrected chi connectivity index (χ1v) is 10.3. The standard InChI is InChI=1S/C26H24N4O2/c1-19-16-23(20(2)30(19)25-10-6-7-15-27-25)17-28-29-26(31)18-32-24-13-11-22(12-14-24)21-8-4-3-5-9-21/h3-17H,18H2,1-2H3,(H,29,31)/b28-17+. The highest BCUT2D eigenvalue weighted by atomic mass is 16.5. The third-order valence-corrected chi connectivity index (χ3v) is 5.07. The van der Waals surface area contributed by atoms with Gasteiger partial charge in [0.2, 0.25) is 0 Å². The van der Waals surface area contributed by atoms with Gasteiger partial charge in [0, 0.05) is 23.1 Å². The maximum atomic E-state index is 12.1. The van der Waals surface area contributed by atoms with Gasteiger partial charge in [-0.05, 0) is 55.3 Å². The van der Waals surface area contributed by atoms with Crippen LogP contribution >= 0.6 is 0 Å². The number of carbonyl (C=O) groups excluding carboxylic acids is 1. The molecule has 1 N–H and O–H groups in total. The van der Waals surface area contributed by atoms with E-state index >= 15 is 0 Å². The van der Waals surface area contributed by atoms with Crippen molar-refractivity contribution < 1.29 is 9.53 Å². The van der Waals surface area contributed by atoms with Gasteiger partial charge < -0.3 is 9.30 Å². The van der Waals surface area contributed by atoms with Gasteiger partial charge in [-0.15, -0.1) is 0 Å². The van der Waals surface area contributed by atoms with Crippen LogP contribution in [-0.2, 0) is 4.79 Å². The fraction of sp³-hybridized carbons (Fsp3) is 0.115. The van der Waals surface area contributed by atoms with E-state index < -0.39 is 0 Å². The number of nitrogens with one attached hydrogen (secondary N) is 1. The molecule has 0 unspecified atom stereocenters. The molecule has 2 aromatic carbocycles. The van der Waals surface area contributed by atoms with E-state index in [0.717, 1.165) is 33.9 Å². The molecule has 0 atom stereocenters.